The molecule has 0 atom stereocenters. The number of hydrogen-bond acceptors (Lipinski definition) is 4. The van der Waals surface area contributed by atoms with Gasteiger partial charge in [0.25, 0.3) is 5.91 Å². The van der Waals surface area contributed by atoms with Crippen LogP contribution in [0, 0.1) is 5.41 Å². The van der Waals surface area contributed by atoms with Gasteiger partial charge in [-0.05, 0) is 18.9 Å². The SMILES string of the molecule is CCC(CC)(CO)CNC(=O)c1cc(Cl)ncc1N. The van der Waals surface area contributed by atoms with E-state index in [9.17, 15) is 9.90 Å². The molecular weight excluding hydrogens is 266 g/mol. The first-order valence-corrected chi connectivity index (χ1v) is 6.66. The number of carbonyl (C=O) groups excluding carboxylic acids is 1. The molecule has 6 heteroatoms. The first-order valence-electron chi connectivity index (χ1n) is 6.28. The van der Waals surface area contributed by atoms with E-state index in [1.807, 2.05) is 13.8 Å². The molecule has 0 aliphatic heterocycles. The fourth-order valence-electron chi connectivity index (χ4n) is 1.78. The highest BCUT2D eigenvalue weighted by atomic mass is 35.5. The summed E-state index contributed by atoms with van der Waals surface area (Å²) < 4.78 is 0. The van der Waals surface area contributed by atoms with Crippen LogP contribution in [0.2, 0.25) is 5.15 Å². The van der Waals surface area contributed by atoms with Crippen molar-refractivity contribution in [1.29, 1.82) is 0 Å². The van der Waals surface area contributed by atoms with Crippen molar-refractivity contribution in [1.82, 2.24) is 10.3 Å². The molecule has 0 spiro atoms. The number of nitrogens with two attached hydrogens (primary N) is 1. The molecule has 1 heterocycles. The number of aliphatic hydroxyl groups excluding tert-OH is 1. The lowest BCUT2D eigenvalue weighted by Gasteiger charge is -2.29. The van der Waals surface area contributed by atoms with E-state index in [0.29, 0.717) is 12.1 Å². The van der Waals surface area contributed by atoms with Crippen LogP contribution in [0.3, 0.4) is 0 Å². The van der Waals surface area contributed by atoms with Crippen LogP contribution in [-0.2, 0) is 0 Å². The standard InChI is InChI=1S/C13H20ClN3O2/c1-3-13(4-2,8-18)7-17-12(19)9-5-11(14)16-6-10(9)15/h5-6,18H,3-4,7-8,15H2,1-2H3,(H,17,19). The van der Waals surface area contributed by atoms with E-state index in [4.69, 9.17) is 17.3 Å². The van der Waals surface area contributed by atoms with Crippen LogP contribution in [0.5, 0.6) is 0 Å². The normalized spacial score (nSPS) is 11.4. The fraction of sp³-hybridized carbons (Fsp3) is 0.538. The van der Waals surface area contributed by atoms with Gasteiger partial charge in [-0.25, -0.2) is 4.98 Å². The highest BCUT2D eigenvalue weighted by Gasteiger charge is 2.26. The Morgan fingerprint density at radius 3 is 2.68 bits per heavy atom. The number of amides is 1. The minimum absolute atomic E-state index is 0.0346. The molecule has 4 N–H and O–H groups in total. The maximum atomic E-state index is 12.1. The Kier molecular flexibility index (Phi) is 5.57. The van der Waals surface area contributed by atoms with E-state index in [0.717, 1.165) is 12.8 Å². The average Bonchev–Trinajstić information content (AvgIpc) is 2.43. The summed E-state index contributed by atoms with van der Waals surface area (Å²) in [5.41, 5.74) is 5.99. The lowest BCUT2D eigenvalue weighted by Crippen LogP contribution is -2.39. The van der Waals surface area contributed by atoms with Gasteiger partial charge in [-0.15, -0.1) is 0 Å². The Labute approximate surface area is 118 Å². The van der Waals surface area contributed by atoms with Crippen molar-refractivity contribution >= 4 is 23.2 Å². The number of aliphatic hydroxyl groups is 1. The fourth-order valence-corrected chi connectivity index (χ4v) is 1.94. The van der Waals surface area contributed by atoms with Gasteiger partial charge < -0.3 is 16.2 Å². The molecule has 1 rings (SSSR count). The lowest BCUT2D eigenvalue weighted by atomic mass is 9.83. The van der Waals surface area contributed by atoms with Gasteiger partial charge in [0, 0.05) is 12.0 Å². The van der Waals surface area contributed by atoms with Gasteiger partial charge in [0.1, 0.15) is 5.15 Å². The third kappa shape index (κ3) is 3.81. The second-order valence-corrected chi connectivity index (χ2v) is 5.03. The van der Waals surface area contributed by atoms with Crippen LogP contribution in [0.1, 0.15) is 37.0 Å². The lowest BCUT2D eigenvalue weighted by molar-refractivity contribution is 0.0851. The summed E-state index contributed by atoms with van der Waals surface area (Å²) in [5, 5.41) is 12.5. The van der Waals surface area contributed by atoms with Gasteiger partial charge in [0.2, 0.25) is 0 Å². The zero-order valence-electron chi connectivity index (χ0n) is 11.2. The Morgan fingerprint density at radius 2 is 2.16 bits per heavy atom. The van der Waals surface area contributed by atoms with Crippen molar-refractivity contribution in [2.75, 3.05) is 18.9 Å². The van der Waals surface area contributed by atoms with Crippen LogP contribution in [0.4, 0.5) is 5.69 Å². The van der Waals surface area contributed by atoms with Crippen LogP contribution < -0.4 is 11.1 Å². The van der Waals surface area contributed by atoms with E-state index in [1.54, 1.807) is 0 Å². The molecular formula is C13H20ClN3O2. The summed E-state index contributed by atoms with van der Waals surface area (Å²) in [5.74, 6) is -0.304. The van der Waals surface area contributed by atoms with Crippen LogP contribution >= 0.6 is 11.6 Å². The van der Waals surface area contributed by atoms with Gasteiger partial charge in [0.05, 0.1) is 24.1 Å². The van der Waals surface area contributed by atoms with Crippen molar-refractivity contribution in [3.8, 4) is 0 Å². The van der Waals surface area contributed by atoms with Crippen molar-refractivity contribution < 1.29 is 9.90 Å². The van der Waals surface area contributed by atoms with Gasteiger partial charge >= 0.3 is 0 Å². The second kappa shape index (κ2) is 6.73. The van der Waals surface area contributed by atoms with Gasteiger partial charge in [-0.1, -0.05) is 25.4 Å². The number of nitrogen functional groups attached to an aromatic ring is 1. The highest BCUT2D eigenvalue weighted by Crippen LogP contribution is 2.24. The van der Waals surface area contributed by atoms with Crippen molar-refractivity contribution in [2.45, 2.75) is 26.7 Å². The summed E-state index contributed by atoms with van der Waals surface area (Å²) in [6.07, 6.45) is 2.93. The number of rotatable bonds is 6. The quantitative estimate of drug-likeness (QED) is 0.696. The van der Waals surface area contributed by atoms with Gasteiger partial charge in [-0.3, -0.25) is 4.79 Å². The van der Waals surface area contributed by atoms with Crippen LogP contribution in [0.25, 0.3) is 0 Å². The summed E-state index contributed by atoms with van der Waals surface area (Å²) in [6.45, 7) is 4.41. The molecule has 0 aliphatic carbocycles. The highest BCUT2D eigenvalue weighted by molar-refractivity contribution is 6.29. The van der Waals surface area contributed by atoms with E-state index in [2.05, 4.69) is 10.3 Å². The molecule has 1 aromatic heterocycles. The Hall–Kier alpha value is -1.33. The summed E-state index contributed by atoms with van der Waals surface area (Å²) >= 11 is 5.75. The predicted molar refractivity (Wildman–Crippen MR) is 76.1 cm³/mol. The van der Waals surface area contributed by atoms with E-state index in [-0.39, 0.29) is 28.8 Å². The number of halogens is 1. The third-order valence-corrected chi connectivity index (χ3v) is 3.81. The number of carbonyl (C=O) groups is 1. The zero-order chi connectivity index (χ0) is 14.5. The number of hydrogen-bond donors (Lipinski definition) is 3. The maximum Gasteiger partial charge on any atom is 0.253 e. The molecule has 5 nitrogen and oxygen atoms in total. The minimum Gasteiger partial charge on any atom is -0.397 e. The molecule has 0 saturated heterocycles. The monoisotopic (exact) mass is 285 g/mol. The Balaban J connectivity index is 2.77. The van der Waals surface area contributed by atoms with E-state index < -0.39 is 0 Å². The van der Waals surface area contributed by atoms with Gasteiger partial charge in [0.15, 0.2) is 0 Å². The predicted octanol–water partition coefficient (Wildman–Crippen LogP) is 1.85. The molecule has 0 radical (unpaired) electrons. The molecule has 0 aromatic carbocycles. The van der Waals surface area contributed by atoms with E-state index >= 15 is 0 Å². The molecule has 0 unspecified atom stereocenters. The topological polar surface area (TPSA) is 88.2 Å². The molecule has 1 aromatic rings. The molecule has 1 amide bonds. The molecule has 0 aliphatic rings. The Morgan fingerprint density at radius 1 is 1.53 bits per heavy atom. The third-order valence-electron chi connectivity index (χ3n) is 3.61. The summed E-state index contributed by atoms with van der Waals surface area (Å²) in [7, 11) is 0. The maximum absolute atomic E-state index is 12.1. The molecule has 106 valence electrons. The minimum atomic E-state index is -0.304. The first kappa shape index (κ1) is 15.7. The molecule has 0 fully saturated rings. The Bertz CT molecular complexity index is 439. The zero-order valence-corrected chi connectivity index (χ0v) is 12.0. The van der Waals surface area contributed by atoms with E-state index in [1.165, 1.54) is 12.3 Å². The average molecular weight is 286 g/mol. The number of nitrogens with zero attached hydrogens (tertiary/aromatic N) is 1. The second-order valence-electron chi connectivity index (χ2n) is 4.64. The number of aromatic nitrogens is 1. The van der Waals surface area contributed by atoms with Crippen molar-refractivity contribution in [3.63, 3.8) is 0 Å². The van der Waals surface area contributed by atoms with Crippen LogP contribution in [0.15, 0.2) is 12.3 Å². The molecule has 0 saturated carbocycles. The largest absolute Gasteiger partial charge is 0.397 e. The van der Waals surface area contributed by atoms with Crippen LogP contribution in [-0.4, -0.2) is 29.1 Å². The van der Waals surface area contributed by atoms with Gasteiger partial charge in [-0.2, -0.15) is 0 Å². The number of nitrogens with one attached hydrogen (secondary N) is 1. The summed E-state index contributed by atoms with van der Waals surface area (Å²) in [4.78, 5) is 15.9. The smallest absolute Gasteiger partial charge is 0.253 e. The molecule has 0 bridgehead atoms. The summed E-state index contributed by atoms with van der Waals surface area (Å²) in [6, 6.07) is 1.44. The van der Waals surface area contributed by atoms with Crippen molar-refractivity contribution in [2.24, 2.45) is 5.41 Å². The number of anilines is 1. The molecule has 19 heavy (non-hydrogen) atoms. The van der Waals surface area contributed by atoms with Crippen molar-refractivity contribution in [3.05, 3.63) is 23.0 Å². The first-order chi connectivity index (χ1) is 8.98. The number of pyridine rings is 1.